The molecule has 0 fully saturated rings. The van der Waals surface area contributed by atoms with Crippen LogP contribution in [0.4, 0.5) is 34.9 Å². The first-order valence-electron chi connectivity index (χ1n) is 12.1. The highest BCUT2D eigenvalue weighted by Crippen LogP contribution is 2.37. The van der Waals surface area contributed by atoms with Gasteiger partial charge in [0.15, 0.2) is 5.69 Å². The number of benzene rings is 2. The number of hydrogen-bond acceptors (Lipinski definition) is 7. The van der Waals surface area contributed by atoms with Crippen LogP contribution in [0, 0.1) is 5.82 Å². The standard InChI is InChI=1S/C27H27F4N7O2/c1-26(2,3)38-25(36-21-13-34-20(12-35-21)27(29,30)31)22(24(32)39)23(37-38)16-7-10-18(33-4)19(11-16)40-14-15-5-8-17(28)9-6-15/h5-13,33H,14H2,1-4H3,(H2,32,39)(H,35,36). The molecule has 9 nitrogen and oxygen atoms in total. The molecule has 13 heteroatoms. The van der Waals surface area contributed by atoms with Crippen LogP contribution < -0.4 is 21.1 Å². The zero-order valence-electron chi connectivity index (χ0n) is 22.1. The van der Waals surface area contributed by atoms with Crippen LogP contribution in [0.1, 0.15) is 42.4 Å². The Hall–Kier alpha value is -4.68. The summed E-state index contributed by atoms with van der Waals surface area (Å²) >= 11 is 0. The van der Waals surface area contributed by atoms with Crippen LogP contribution in [0.3, 0.4) is 0 Å². The molecule has 0 bridgehead atoms. The molecule has 2 aromatic carbocycles. The molecule has 210 valence electrons. The van der Waals surface area contributed by atoms with Gasteiger partial charge >= 0.3 is 6.18 Å². The van der Waals surface area contributed by atoms with Crippen LogP contribution in [-0.2, 0) is 18.3 Å². The van der Waals surface area contributed by atoms with E-state index in [1.54, 1.807) is 37.4 Å². The molecule has 0 unspecified atom stereocenters. The lowest BCUT2D eigenvalue weighted by molar-refractivity contribution is -0.141. The predicted molar refractivity (Wildman–Crippen MR) is 142 cm³/mol. The molecule has 40 heavy (non-hydrogen) atoms. The van der Waals surface area contributed by atoms with Gasteiger partial charge in [0, 0.05) is 12.6 Å². The molecular weight excluding hydrogens is 530 g/mol. The average molecular weight is 558 g/mol. The van der Waals surface area contributed by atoms with Gasteiger partial charge in [-0.15, -0.1) is 0 Å². The summed E-state index contributed by atoms with van der Waals surface area (Å²) in [7, 11) is 1.72. The molecule has 0 saturated carbocycles. The van der Waals surface area contributed by atoms with E-state index in [9.17, 15) is 22.4 Å². The fraction of sp³-hybridized carbons (Fsp3) is 0.259. The number of nitrogens with two attached hydrogens (primary N) is 1. The Balaban J connectivity index is 1.77. The number of alkyl halides is 3. The Morgan fingerprint density at radius 2 is 1.75 bits per heavy atom. The van der Waals surface area contributed by atoms with Crippen molar-refractivity contribution >= 4 is 23.2 Å². The number of nitrogens with zero attached hydrogens (tertiary/aromatic N) is 4. The first-order valence-corrected chi connectivity index (χ1v) is 12.1. The summed E-state index contributed by atoms with van der Waals surface area (Å²) in [5, 5.41) is 10.6. The number of hydrogen-bond donors (Lipinski definition) is 3. The van der Waals surface area contributed by atoms with Crippen LogP contribution in [0.2, 0.25) is 0 Å². The first-order chi connectivity index (χ1) is 18.8. The summed E-state index contributed by atoms with van der Waals surface area (Å²) in [6.07, 6.45) is -3.15. The molecule has 0 aliphatic carbocycles. The second kappa shape index (κ2) is 10.8. The molecule has 0 aliphatic rings. The summed E-state index contributed by atoms with van der Waals surface area (Å²) in [4.78, 5) is 20.0. The minimum atomic E-state index is -4.65. The van der Waals surface area contributed by atoms with E-state index < -0.39 is 23.3 Å². The summed E-state index contributed by atoms with van der Waals surface area (Å²) in [5.74, 6) is -0.647. The minimum Gasteiger partial charge on any atom is -0.487 e. The van der Waals surface area contributed by atoms with E-state index in [0.29, 0.717) is 23.2 Å². The zero-order valence-corrected chi connectivity index (χ0v) is 22.1. The summed E-state index contributed by atoms with van der Waals surface area (Å²) in [6, 6.07) is 11.0. The molecule has 2 heterocycles. The van der Waals surface area contributed by atoms with E-state index in [1.165, 1.54) is 16.8 Å². The van der Waals surface area contributed by atoms with Gasteiger partial charge in [0.1, 0.15) is 41.1 Å². The van der Waals surface area contributed by atoms with Crippen LogP contribution in [0.25, 0.3) is 11.3 Å². The highest BCUT2D eigenvalue weighted by Gasteiger charge is 2.33. The number of halogens is 4. The fourth-order valence-electron chi connectivity index (χ4n) is 3.85. The van der Waals surface area contributed by atoms with Crippen LogP contribution in [-0.4, -0.2) is 32.7 Å². The second-order valence-electron chi connectivity index (χ2n) is 9.80. The predicted octanol–water partition coefficient (Wildman–Crippen LogP) is 5.72. The summed E-state index contributed by atoms with van der Waals surface area (Å²) in [6.45, 7) is 5.65. The molecule has 1 amide bonds. The van der Waals surface area contributed by atoms with E-state index in [-0.39, 0.29) is 35.3 Å². The summed E-state index contributed by atoms with van der Waals surface area (Å²) in [5.41, 5.74) is 6.06. The molecular formula is C27H27F4N7O2. The van der Waals surface area contributed by atoms with Crippen molar-refractivity contribution in [2.45, 2.75) is 39.1 Å². The highest BCUT2D eigenvalue weighted by molar-refractivity contribution is 6.04. The van der Waals surface area contributed by atoms with Crippen molar-refractivity contribution in [1.29, 1.82) is 0 Å². The van der Waals surface area contributed by atoms with E-state index >= 15 is 0 Å². The van der Waals surface area contributed by atoms with E-state index in [1.807, 2.05) is 20.8 Å². The Kier molecular flexibility index (Phi) is 7.67. The van der Waals surface area contributed by atoms with Crippen LogP contribution in [0.5, 0.6) is 5.75 Å². The lowest BCUT2D eigenvalue weighted by atomic mass is 10.1. The van der Waals surface area contributed by atoms with E-state index in [2.05, 4.69) is 25.7 Å². The number of amides is 1. The first kappa shape index (κ1) is 28.3. The van der Waals surface area contributed by atoms with Gasteiger partial charge in [-0.25, -0.2) is 19.0 Å². The quantitative estimate of drug-likeness (QED) is 0.237. The highest BCUT2D eigenvalue weighted by atomic mass is 19.4. The fourth-order valence-corrected chi connectivity index (χ4v) is 3.85. The zero-order chi connectivity index (χ0) is 29.2. The number of rotatable bonds is 8. The third-order valence-corrected chi connectivity index (χ3v) is 5.79. The van der Waals surface area contributed by atoms with Gasteiger partial charge in [-0.05, 0) is 50.6 Å². The van der Waals surface area contributed by atoms with Gasteiger partial charge in [-0.3, -0.25) is 4.79 Å². The Morgan fingerprint density at radius 1 is 1.05 bits per heavy atom. The van der Waals surface area contributed by atoms with Gasteiger partial charge in [-0.1, -0.05) is 18.2 Å². The van der Waals surface area contributed by atoms with Gasteiger partial charge in [0.2, 0.25) is 0 Å². The van der Waals surface area contributed by atoms with Gasteiger partial charge in [0.25, 0.3) is 5.91 Å². The van der Waals surface area contributed by atoms with Gasteiger partial charge < -0.3 is 21.1 Å². The number of ether oxygens (including phenoxy) is 1. The third-order valence-electron chi connectivity index (χ3n) is 5.79. The maximum absolute atomic E-state index is 13.3. The molecule has 4 aromatic rings. The molecule has 0 aliphatic heterocycles. The van der Waals surface area contributed by atoms with Crippen molar-refractivity contribution in [3.05, 3.63) is 77.5 Å². The second-order valence-corrected chi connectivity index (χ2v) is 9.80. The number of aromatic nitrogens is 4. The van der Waals surface area contributed by atoms with E-state index in [0.717, 1.165) is 11.8 Å². The van der Waals surface area contributed by atoms with Gasteiger partial charge in [0.05, 0.1) is 23.6 Å². The van der Waals surface area contributed by atoms with Crippen molar-refractivity contribution in [2.75, 3.05) is 17.7 Å². The van der Waals surface area contributed by atoms with Crippen LogP contribution in [0.15, 0.2) is 54.9 Å². The number of carbonyl (C=O) groups is 1. The smallest absolute Gasteiger partial charge is 0.434 e. The average Bonchev–Trinajstić information content (AvgIpc) is 3.28. The third kappa shape index (κ3) is 6.14. The van der Waals surface area contributed by atoms with Crippen molar-refractivity contribution < 1.29 is 27.1 Å². The Labute approximate surface area is 227 Å². The van der Waals surface area contributed by atoms with E-state index in [4.69, 9.17) is 10.5 Å². The molecule has 4 N–H and O–H groups in total. The Morgan fingerprint density at radius 3 is 2.30 bits per heavy atom. The maximum Gasteiger partial charge on any atom is 0.434 e. The number of nitrogens with one attached hydrogen (secondary N) is 2. The normalized spacial score (nSPS) is 11.8. The lowest BCUT2D eigenvalue weighted by Gasteiger charge is -2.23. The number of carbonyl (C=O) groups excluding carboxylic acids is 1. The largest absolute Gasteiger partial charge is 0.487 e. The molecule has 0 radical (unpaired) electrons. The van der Waals surface area contributed by atoms with Crippen molar-refractivity contribution in [1.82, 2.24) is 19.7 Å². The number of anilines is 3. The minimum absolute atomic E-state index is 0.00156. The molecule has 0 atom stereocenters. The molecule has 0 spiro atoms. The summed E-state index contributed by atoms with van der Waals surface area (Å²) < 4.78 is 59.6. The SMILES string of the molecule is CNc1ccc(-c2nn(C(C)(C)C)c(Nc3cnc(C(F)(F)F)cn3)c2C(N)=O)cc1OCc1ccc(F)cc1. The molecule has 2 aromatic heterocycles. The van der Waals surface area contributed by atoms with Crippen molar-refractivity contribution in [3.8, 4) is 17.0 Å². The molecule has 4 rings (SSSR count). The Bertz CT molecular complexity index is 1510. The maximum atomic E-state index is 13.3. The lowest BCUT2D eigenvalue weighted by Crippen LogP contribution is -2.25. The van der Waals surface area contributed by atoms with Crippen molar-refractivity contribution in [3.63, 3.8) is 0 Å². The molecule has 0 saturated heterocycles. The van der Waals surface area contributed by atoms with Gasteiger partial charge in [-0.2, -0.15) is 18.3 Å². The monoisotopic (exact) mass is 557 g/mol. The topological polar surface area (TPSA) is 120 Å². The number of primary amides is 1. The van der Waals surface area contributed by atoms with Crippen molar-refractivity contribution in [2.24, 2.45) is 5.73 Å². The van der Waals surface area contributed by atoms with Crippen LogP contribution >= 0.6 is 0 Å².